The van der Waals surface area contributed by atoms with Gasteiger partial charge in [-0.3, -0.25) is 0 Å². The quantitative estimate of drug-likeness (QED) is 0.155. The summed E-state index contributed by atoms with van der Waals surface area (Å²) in [6.45, 7) is 12.2. The Hall–Kier alpha value is -0.440. The Kier molecular flexibility index (Phi) is 10.8. The normalized spacial score (nSPS) is 51.4. The van der Waals surface area contributed by atoms with E-state index in [0.717, 1.165) is 25.2 Å². The fourth-order valence-corrected chi connectivity index (χ4v) is 8.00. The second-order valence-electron chi connectivity index (χ2n) is 15.9. The van der Waals surface area contributed by atoms with Gasteiger partial charge in [-0.25, -0.2) is 0 Å². The molecule has 1 aliphatic carbocycles. The van der Waals surface area contributed by atoms with Crippen molar-refractivity contribution in [3.63, 3.8) is 0 Å². The fraction of sp³-hybridized carbons (Fsp3) is 1.00. The van der Waals surface area contributed by atoms with Crippen LogP contribution in [0.4, 0.5) is 0 Å². The molecule has 11 nitrogen and oxygen atoms in total. The van der Waals surface area contributed by atoms with E-state index in [1.165, 1.54) is 114 Å². The molecule has 0 aromatic rings. The van der Waals surface area contributed by atoms with Crippen molar-refractivity contribution in [1.29, 1.82) is 0 Å². The van der Waals surface area contributed by atoms with Crippen LogP contribution in [-0.2, 0) is 18.9 Å². The Balaban J connectivity index is 1.85. The minimum absolute atomic E-state index is 0.244. The van der Waals surface area contributed by atoms with Crippen molar-refractivity contribution >= 4 is 0 Å². The van der Waals surface area contributed by atoms with Crippen LogP contribution in [0, 0.1) is 5.92 Å². The van der Waals surface area contributed by atoms with Crippen LogP contribution >= 0.6 is 0 Å². The van der Waals surface area contributed by atoms with Crippen LogP contribution < -0.4 is 0 Å². The van der Waals surface area contributed by atoms with Gasteiger partial charge in [0.1, 0.15) is 44.8 Å². The summed E-state index contributed by atoms with van der Waals surface area (Å²) in [5.74, 6) is -3.21. The number of hydrogen-bond donors (Lipinski definition) is 7. The van der Waals surface area contributed by atoms with E-state index in [9.17, 15) is 35.7 Å². The maximum absolute atomic E-state index is 12.3. The lowest BCUT2D eigenvalue weighted by molar-refractivity contribution is -0.519. The summed E-state index contributed by atoms with van der Waals surface area (Å²) < 4.78 is 25.3. The maximum Gasteiger partial charge on any atom is 0.198 e. The van der Waals surface area contributed by atoms with Crippen LogP contribution in [0.1, 0.15) is 133 Å². The Morgan fingerprint density at radius 2 is 1.04 bits per heavy atom. The summed E-state index contributed by atoms with van der Waals surface area (Å²) in [5, 5.41) is 80.3. The molecule has 10 atom stereocenters. The van der Waals surface area contributed by atoms with Crippen LogP contribution in [0.2, 0.25) is 0 Å². The highest BCUT2D eigenvalue weighted by atomic mass is 16.8. The van der Waals surface area contributed by atoms with Crippen LogP contribution in [0.3, 0.4) is 0 Å². The van der Waals surface area contributed by atoms with Gasteiger partial charge in [0.2, 0.25) is 0 Å². The van der Waals surface area contributed by atoms with Crippen molar-refractivity contribution in [3.8, 4) is 0 Å². The zero-order valence-electron chi connectivity index (χ0n) is 29.5. The van der Waals surface area contributed by atoms with Crippen molar-refractivity contribution in [2.45, 2.75) is 190 Å². The van der Waals surface area contributed by atoms with E-state index >= 15 is 0 Å². The Morgan fingerprint density at radius 1 is 0.556 bits per heavy atom. The van der Waals surface area contributed by atoms with Gasteiger partial charge >= 0.3 is 0 Å². The average Bonchev–Trinajstić information content (AvgIpc) is 2.95. The molecule has 45 heavy (non-hydrogen) atoms. The summed E-state index contributed by atoms with van der Waals surface area (Å²) in [6, 6.07) is 0. The predicted molar refractivity (Wildman–Crippen MR) is 168 cm³/mol. The largest absolute Gasteiger partial charge is 0.393 e. The van der Waals surface area contributed by atoms with Gasteiger partial charge in [-0.2, -0.15) is 0 Å². The zero-order valence-corrected chi connectivity index (χ0v) is 29.5. The lowest BCUT2D eigenvalue weighted by Crippen LogP contribution is -2.89. The summed E-state index contributed by atoms with van der Waals surface area (Å²) in [4.78, 5) is 0. The molecule has 3 aliphatic rings. The molecule has 0 amide bonds. The third-order valence-corrected chi connectivity index (χ3v) is 13.0. The van der Waals surface area contributed by atoms with Gasteiger partial charge in [0, 0.05) is 0 Å². The molecule has 0 radical (unpaired) electrons. The molecule has 3 fully saturated rings. The van der Waals surface area contributed by atoms with E-state index in [1.54, 1.807) is 0 Å². The first-order valence-corrected chi connectivity index (χ1v) is 16.9. The molecule has 11 heteroatoms. The molecule has 0 spiro atoms. The van der Waals surface area contributed by atoms with Crippen molar-refractivity contribution < 1.29 is 54.7 Å². The number of hydrogen-bond acceptors (Lipinski definition) is 11. The average molecular weight is 649 g/mol. The third kappa shape index (κ3) is 5.73. The minimum atomic E-state index is -2.38. The van der Waals surface area contributed by atoms with Crippen LogP contribution in [-0.4, -0.2) is 112 Å². The number of ether oxygens (including phenoxy) is 4. The first kappa shape index (κ1) is 39.0. The van der Waals surface area contributed by atoms with Crippen LogP contribution in [0.5, 0.6) is 0 Å². The van der Waals surface area contributed by atoms with Crippen molar-refractivity contribution in [2.24, 2.45) is 5.92 Å². The van der Waals surface area contributed by atoms with Gasteiger partial charge in [0.25, 0.3) is 0 Å². The molecular weight excluding hydrogens is 584 g/mol. The maximum atomic E-state index is 12.3. The molecule has 2 aliphatic heterocycles. The monoisotopic (exact) mass is 648 g/mol. The molecule has 3 rings (SSSR count). The fourth-order valence-electron chi connectivity index (χ4n) is 8.00. The standard InChI is InChI=1S/C34H64O11/c1-25(22-35)27(3,37)28(4,38)30(6,40)34(10,43-25)45-32(8)26(2,23-36)44-33(9,31(7,41)29(32,5)39)42-21-17-12-11-14-18-24-19-15-13-16-20-24/h24,35-41H,11-23H2,1-10H3/t25?,26?,27-,28-,29+,30?,31?,32-,33-,34-/m1/s1. The summed E-state index contributed by atoms with van der Waals surface area (Å²) in [7, 11) is 0. The van der Waals surface area contributed by atoms with Gasteiger partial charge in [-0.15, -0.1) is 0 Å². The lowest BCUT2D eigenvalue weighted by Gasteiger charge is -2.70. The van der Waals surface area contributed by atoms with Crippen molar-refractivity contribution in [2.75, 3.05) is 19.8 Å². The summed E-state index contributed by atoms with van der Waals surface area (Å²) in [6.07, 6.45) is 11.9. The van der Waals surface area contributed by atoms with Gasteiger partial charge < -0.3 is 54.7 Å². The molecule has 2 heterocycles. The molecule has 7 N–H and O–H groups in total. The first-order chi connectivity index (χ1) is 20.3. The van der Waals surface area contributed by atoms with Gasteiger partial charge in [-0.1, -0.05) is 57.8 Å². The van der Waals surface area contributed by atoms with Crippen molar-refractivity contribution in [1.82, 2.24) is 0 Å². The first-order valence-electron chi connectivity index (χ1n) is 16.9. The Bertz CT molecular complexity index is 1020. The Labute approximate surface area is 270 Å². The number of aliphatic hydroxyl groups is 7. The lowest BCUT2D eigenvalue weighted by atomic mass is 9.59. The smallest absolute Gasteiger partial charge is 0.198 e. The van der Waals surface area contributed by atoms with Crippen molar-refractivity contribution in [3.05, 3.63) is 0 Å². The van der Waals surface area contributed by atoms with Gasteiger partial charge in [0.15, 0.2) is 11.6 Å². The molecule has 1 saturated carbocycles. The summed E-state index contributed by atoms with van der Waals surface area (Å²) >= 11 is 0. The van der Waals surface area contributed by atoms with E-state index < -0.39 is 69.6 Å². The minimum Gasteiger partial charge on any atom is -0.393 e. The van der Waals surface area contributed by atoms with Crippen LogP contribution in [0.15, 0.2) is 0 Å². The molecule has 266 valence electrons. The van der Waals surface area contributed by atoms with E-state index in [0.29, 0.717) is 0 Å². The number of rotatable bonds is 12. The third-order valence-electron chi connectivity index (χ3n) is 13.0. The molecule has 4 unspecified atom stereocenters. The second kappa shape index (κ2) is 12.5. The highest BCUT2D eigenvalue weighted by molar-refractivity contribution is 5.26. The van der Waals surface area contributed by atoms with E-state index in [2.05, 4.69) is 0 Å². The van der Waals surface area contributed by atoms with Crippen LogP contribution in [0.25, 0.3) is 0 Å². The van der Waals surface area contributed by atoms with E-state index in [-0.39, 0.29) is 6.61 Å². The van der Waals surface area contributed by atoms with Gasteiger partial charge in [-0.05, 0) is 81.6 Å². The SMILES string of the molecule is CC1(O)[C@@](C)(O[C@]2(C)C(C)(CO)O[C@@](C)(OCCCCCCC3CCCCC3)C(C)(O)[C@]2(C)O)OC(C)(CO)[C@@](C)(O)[C@@]1(C)O. The Morgan fingerprint density at radius 3 is 1.58 bits per heavy atom. The number of aliphatic hydroxyl groups excluding tert-OH is 2. The molecule has 0 bridgehead atoms. The highest BCUT2D eigenvalue weighted by Crippen LogP contribution is 2.60. The number of unbranched alkanes of at least 4 members (excludes halogenated alkanes) is 3. The molecular formula is C34H64O11. The molecule has 0 aromatic heterocycles. The highest BCUT2D eigenvalue weighted by Gasteiger charge is 2.80. The van der Waals surface area contributed by atoms with E-state index in [4.69, 9.17) is 18.9 Å². The summed E-state index contributed by atoms with van der Waals surface area (Å²) in [5.41, 5.74) is -17.0. The zero-order chi connectivity index (χ0) is 34.6. The van der Waals surface area contributed by atoms with E-state index in [1.807, 2.05) is 0 Å². The molecule has 0 aromatic carbocycles. The second-order valence-corrected chi connectivity index (χ2v) is 15.9. The molecule has 2 saturated heterocycles. The van der Waals surface area contributed by atoms with Gasteiger partial charge in [0.05, 0.1) is 19.8 Å². The predicted octanol–water partition coefficient (Wildman–Crippen LogP) is 3.06. The topological polar surface area (TPSA) is 179 Å².